The molecular formula is C27H23F2N3O2. The highest BCUT2D eigenvalue weighted by Crippen LogP contribution is 2.41. The molecule has 172 valence electrons. The average Bonchev–Trinajstić information content (AvgIpc) is 2.80. The van der Waals surface area contributed by atoms with Crippen molar-refractivity contribution in [2.24, 2.45) is 0 Å². The number of nitrogens with zero attached hydrogens (tertiary/aromatic N) is 3. The van der Waals surface area contributed by atoms with Gasteiger partial charge in [-0.2, -0.15) is 0 Å². The van der Waals surface area contributed by atoms with Gasteiger partial charge in [0.15, 0.2) is 11.6 Å². The monoisotopic (exact) mass is 459 g/mol. The molecule has 0 N–H and O–H groups in total. The predicted molar refractivity (Wildman–Crippen MR) is 125 cm³/mol. The zero-order chi connectivity index (χ0) is 24.5. The molecule has 0 unspecified atom stereocenters. The topological polar surface area (TPSA) is 53.5 Å². The molecule has 1 aromatic heterocycles. The predicted octanol–water partition coefficient (Wildman–Crippen LogP) is 5.24. The highest BCUT2D eigenvalue weighted by atomic mass is 19.1. The van der Waals surface area contributed by atoms with E-state index in [0.29, 0.717) is 16.0 Å². The molecule has 4 rings (SSSR count). The van der Waals surface area contributed by atoms with E-state index < -0.39 is 34.8 Å². The number of rotatable bonds is 3. The maximum atomic E-state index is 15.1. The van der Waals surface area contributed by atoms with Gasteiger partial charge < -0.3 is 4.90 Å². The van der Waals surface area contributed by atoms with E-state index >= 15 is 8.78 Å². The average molecular weight is 459 g/mol. The van der Waals surface area contributed by atoms with Gasteiger partial charge in [-0.05, 0) is 56.7 Å². The van der Waals surface area contributed by atoms with Crippen molar-refractivity contribution in [3.63, 3.8) is 0 Å². The Balaban J connectivity index is 1.73. The number of imide groups is 1. The summed E-state index contributed by atoms with van der Waals surface area (Å²) in [5.74, 6) is 2.79. The first-order chi connectivity index (χ1) is 16.2. The number of urea groups is 1. The van der Waals surface area contributed by atoms with Crippen LogP contribution in [0, 0.1) is 23.5 Å². The van der Waals surface area contributed by atoms with Crippen LogP contribution in [-0.4, -0.2) is 27.9 Å². The summed E-state index contributed by atoms with van der Waals surface area (Å²) in [4.78, 5) is 32.8. The summed E-state index contributed by atoms with van der Waals surface area (Å²) >= 11 is 0. The summed E-state index contributed by atoms with van der Waals surface area (Å²) in [7, 11) is 0. The molecule has 0 bridgehead atoms. The van der Waals surface area contributed by atoms with Crippen molar-refractivity contribution in [3.05, 3.63) is 95.3 Å². The van der Waals surface area contributed by atoms with Crippen molar-refractivity contribution in [1.29, 1.82) is 0 Å². The Labute approximate surface area is 197 Å². The second kappa shape index (κ2) is 9.06. The van der Waals surface area contributed by atoms with Gasteiger partial charge in [-0.25, -0.2) is 18.5 Å². The Kier molecular flexibility index (Phi) is 6.16. The number of aromatic nitrogens is 1. The van der Waals surface area contributed by atoms with Crippen LogP contribution in [0.1, 0.15) is 43.9 Å². The molecule has 1 fully saturated rings. The van der Waals surface area contributed by atoms with Crippen molar-refractivity contribution < 1.29 is 18.4 Å². The van der Waals surface area contributed by atoms with E-state index in [4.69, 9.17) is 0 Å². The molecule has 0 aliphatic carbocycles. The summed E-state index contributed by atoms with van der Waals surface area (Å²) in [5, 5.41) is 0. The Hall–Kier alpha value is -4.05. The maximum absolute atomic E-state index is 15.1. The van der Waals surface area contributed by atoms with E-state index in [0.717, 1.165) is 12.1 Å². The lowest BCUT2D eigenvalue weighted by Crippen LogP contribution is -2.63. The molecule has 2 heterocycles. The number of benzene rings is 2. The minimum atomic E-state index is -1.03. The molecule has 1 atom stereocenters. The summed E-state index contributed by atoms with van der Waals surface area (Å²) in [5.41, 5.74) is -0.255. The highest BCUT2D eigenvalue weighted by molar-refractivity contribution is 6.16. The normalized spacial score (nSPS) is 18.2. The van der Waals surface area contributed by atoms with Crippen molar-refractivity contribution in [3.8, 4) is 11.8 Å². The van der Waals surface area contributed by atoms with Crippen LogP contribution in [-0.2, 0) is 10.3 Å². The second-order valence-corrected chi connectivity index (χ2v) is 8.57. The van der Waals surface area contributed by atoms with E-state index in [1.54, 1.807) is 57.4 Å². The number of amides is 3. The maximum Gasteiger partial charge on any atom is 0.332 e. The third-order valence-electron chi connectivity index (χ3n) is 5.84. The van der Waals surface area contributed by atoms with Crippen LogP contribution in [0.15, 0.2) is 67.0 Å². The standard InChI is InChI=1S/C27H23F2N3O2/c1-18(2)32-26(34)31(24(33)16-27(32,3)21-10-7-13-30-17-21)25-22(28)14-20(15-23(25)29)12-11-19-8-5-4-6-9-19/h4-10,13-15,17-18H,16H2,1-3H3/t27-/m0/s1. The number of hydrogen-bond acceptors (Lipinski definition) is 3. The second-order valence-electron chi connectivity index (χ2n) is 8.57. The van der Waals surface area contributed by atoms with E-state index in [1.807, 2.05) is 18.2 Å². The van der Waals surface area contributed by atoms with Crippen LogP contribution in [0.4, 0.5) is 19.3 Å². The number of pyridine rings is 1. The fourth-order valence-electron chi connectivity index (χ4n) is 4.33. The summed E-state index contributed by atoms with van der Waals surface area (Å²) in [6.45, 7) is 5.33. The lowest BCUT2D eigenvalue weighted by molar-refractivity contribution is -0.123. The smallest absolute Gasteiger partial charge is 0.312 e. The van der Waals surface area contributed by atoms with Gasteiger partial charge >= 0.3 is 6.03 Å². The van der Waals surface area contributed by atoms with E-state index in [9.17, 15) is 9.59 Å². The van der Waals surface area contributed by atoms with Gasteiger partial charge in [0, 0.05) is 29.6 Å². The van der Waals surface area contributed by atoms with Crippen molar-refractivity contribution in [2.45, 2.75) is 38.8 Å². The minimum absolute atomic E-state index is 0.0976. The van der Waals surface area contributed by atoms with Gasteiger partial charge in [0.1, 0.15) is 5.69 Å². The largest absolute Gasteiger partial charge is 0.332 e. The van der Waals surface area contributed by atoms with Crippen molar-refractivity contribution >= 4 is 17.6 Å². The zero-order valence-electron chi connectivity index (χ0n) is 19.0. The van der Waals surface area contributed by atoms with Gasteiger partial charge in [0.05, 0.1) is 12.0 Å². The van der Waals surface area contributed by atoms with E-state index in [-0.39, 0.29) is 18.0 Å². The molecular weight excluding hydrogens is 436 g/mol. The number of hydrogen-bond donors (Lipinski definition) is 0. The van der Waals surface area contributed by atoms with Crippen LogP contribution in [0.2, 0.25) is 0 Å². The van der Waals surface area contributed by atoms with Gasteiger partial charge in [0.2, 0.25) is 5.91 Å². The molecule has 0 saturated carbocycles. The van der Waals surface area contributed by atoms with E-state index in [2.05, 4.69) is 16.8 Å². The lowest BCUT2D eigenvalue weighted by Gasteiger charge is -2.49. The lowest BCUT2D eigenvalue weighted by atomic mass is 9.84. The Morgan fingerprint density at radius 3 is 2.21 bits per heavy atom. The van der Waals surface area contributed by atoms with Gasteiger partial charge in [0.25, 0.3) is 0 Å². The molecule has 0 radical (unpaired) electrons. The molecule has 3 aromatic rings. The molecule has 5 nitrogen and oxygen atoms in total. The fraction of sp³-hybridized carbons (Fsp3) is 0.222. The van der Waals surface area contributed by atoms with Crippen molar-refractivity contribution in [2.75, 3.05) is 4.90 Å². The van der Waals surface area contributed by atoms with E-state index in [1.165, 1.54) is 4.90 Å². The van der Waals surface area contributed by atoms with Crippen LogP contribution in [0.5, 0.6) is 0 Å². The van der Waals surface area contributed by atoms with Crippen LogP contribution >= 0.6 is 0 Å². The SMILES string of the molecule is CC(C)N1C(=O)N(c2c(F)cc(C#Cc3ccccc3)cc2F)C(=O)C[C@@]1(C)c1cccnc1. The Morgan fingerprint density at radius 1 is 0.971 bits per heavy atom. The molecule has 1 saturated heterocycles. The molecule has 0 spiro atoms. The molecule has 1 aliphatic heterocycles. The summed E-state index contributed by atoms with van der Waals surface area (Å²) < 4.78 is 30.3. The minimum Gasteiger partial charge on any atom is -0.312 e. The third-order valence-corrected chi connectivity index (χ3v) is 5.84. The number of carbonyl (C=O) groups is 2. The Morgan fingerprint density at radius 2 is 1.62 bits per heavy atom. The van der Waals surface area contributed by atoms with Crippen LogP contribution in [0.25, 0.3) is 0 Å². The summed E-state index contributed by atoms with van der Waals surface area (Å²) in [6, 6.07) is 13.4. The van der Waals surface area contributed by atoms with Gasteiger partial charge in [-0.15, -0.1) is 0 Å². The first-order valence-corrected chi connectivity index (χ1v) is 10.9. The highest BCUT2D eigenvalue weighted by Gasteiger charge is 2.50. The van der Waals surface area contributed by atoms with Gasteiger partial charge in [-0.3, -0.25) is 9.78 Å². The third kappa shape index (κ3) is 4.15. The molecule has 3 amide bonds. The van der Waals surface area contributed by atoms with Crippen LogP contribution in [0.3, 0.4) is 0 Å². The number of halogens is 2. The quantitative estimate of drug-likeness (QED) is 0.503. The Bertz CT molecular complexity index is 1280. The zero-order valence-corrected chi connectivity index (χ0v) is 19.0. The molecule has 2 aromatic carbocycles. The number of anilines is 1. The first kappa shape index (κ1) is 23.1. The fourth-order valence-corrected chi connectivity index (χ4v) is 4.33. The molecule has 1 aliphatic rings. The first-order valence-electron chi connectivity index (χ1n) is 10.9. The van der Waals surface area contributed by atoms with Crippen LogP contribution < -0.4 is 4.90 Å². The van der Waals surface area contributed by atoms with Crippen molar-refractivity contribution in [1.82, 2.24) is 9.88 Å². The number of carbonyl (C=O) groups excluding carboxylic acids is 2. The van der Waals surface area contributed by atoms with Gasteiger partial charge in [-0.1, -0.05) is 36.1 Å². The molecule has 7 heteroatoms. The summed E-state index contributed by atoms with van der Waals surface area (Å²) in [6.07, 6.45) is 3.03. The molecule has 34 heavy (non-hydrogen) atoms.